The molecule has 3 heterocycles. The van der Waals surface area contributed by atoms with Crippen LogP contribution in [0, 0.1) is 18.8 Å². The molecule has 0 amide bonds. The maximum atomic E-state index is 14.8. The van der Waals surface area contributed by atoms with Crippen molar-refractivity contribution < 1.29 is 8.78 Å². The highest BCUT2D eigenvalue weighted by Gasteiger charge is 2.45. The number of rotatable bonds is 5. The first-order valence-corrected chi connectivity index (χ1v) is 10.1. The molecule has 3 aromatic rings. The van der Waals surface area contributed by atoms with E-state index in [4.69, 9.17) is 0 Å². The van der Waals surface area contributed by atoms with Crippen LogP contribution in [0.3, 0.4) is 0 Å². The van der Waals surface area contributed by atoms with Gasteiger partial charge in [0.05, 0.1) is 18.1 Å². The molecular weight excluding hydrogens is 374 g/mol. The van der Waals surface area contributed by atoms with Gasteiger partial charge in [-0.1, -0.05) is 29.8 Å². The Hall–Kier alpha value is -2.61. The zero-order chi connectivity index (χ0) is 20.0. The lowest BCUT2D eigenvalue weighted by Crippen LogP contribution is -2.36. The minimum Gasteiger partial charge on any atom is -0.366 e. The number of nitrogens with zero attached hydrogens (tertiary/aromatic N) is 4. The smallest absolute Gasteiger partial charge is 0.285 e. The van der Waals surface area contributed by atoms with Crippen LogP contribution in [-0.4, -0.2) is 50.7 Å². The predicted molar refractivity (Wildman–Crippen MR) is 107 cm³/mol. The molecule has 152 valence electrons. The number of aromatic amines is 1. The third-order valence-electron chi connectivity index (χ3n) is 6.40. The van der Waals surface area contributed by atoms with Crippen molar-refractivity contribution in [2.45, 2.75) is 31.7 Å². The third-order valence-corrected chi connectivity index (χ3v) is 6.40. The highest BCUT2D eigenvalue weighted by atomic mass is 19.3. The molecule has 0 bridgehead atoms. The molecule has 1 saturated heterocycles. The van der Waals surface area contributed by atoms with E-state index in [1.807, 2.05) is 11.8 Å². The van der Waals surface area contributed by atoms with Gasteiger partial charge in [-0.25, -0.2) is 9.97 Å². The Bertz CT molecular complexity index is 1000. The molecule has 8 heteroatoms. The lowest BCUT2D eigenvalue weighted by atomic mass is 9.98. The Morgan fingerprint density at radius 3 is 2.83 bits per heavy atom. The highest BCUT2D eigenvalue weighted by molar-refractivity contribution is 5.85. The molecular formula is C21H24F2N6. The fourth-order valence-corrected chi connectivity index (χ4v) is 4.89. The number of halogens is 2. The van der Waals surface area contributed by atoms with Gasteiger partial charge in [0.25, 0.3) is 5.92 Å². The van der Waals surface area contributed by atoms with Crippen LogP contribution in [0.25, 0.3) is 11.0 Å². The van der Waals surface area contributed by atoms with Crippen LogP contribution in [-0.2, 0) is 5.92 Å². The Morgan fingerprint density at radius 2 is 2.00 bits per heavy atom. The van der Waals surface area contributed by atoms with Gasteiger partial charge in [-0.3, -0.25) is 10.00 Å². The van der Waals surface area contributed by atoms with Gasteiger partial charge in [0.15, 0.2) is 5.65 Å². The van der Waals surface area contributed by atoms with Crippen LogP contribution < -0.4 is 5.32 Å². The zero-order valence-electron chi connectivity index (χ0n) is 16.3. The zero-order valence-corrected chi connectivity index (χ0v) is 16.3. The molecule has 2 fully saturated rings. The molecule has 29 heavy (non-hydrogen) atoms. The molecule has 1 saturated carbocycles. The summed E-state index contributed by atoms with van der Waals surface area (Å²) in [7, 11) is 0. The summed E-state index contributed by atoms with van der Waals surface area (Å²) < 4.78 is 29.6. The van der Waals surface area contributed by atoms with Crippen molar-refractivity contribution >= 4 is 16.9 Å². The van der Waals surface area contributed by atoms with E-state index in [1.165, 1.54) is 6.33 Å². The highest BCUT2D eigenvalue weighted by Crippen LogP contribution is 2.41. The Morgan fingerprint density at radius 1 is 1.17 bits per heavy atom. The van der Waals surface area contributed by atoms with E-state index in [2.05, 4.69) is 25.5 Å². The first-order valence-electron chi connectivity index (χ1n) is 10.1. The Balaban J connectivity index is 1.27. The van der Waals surface area contributed by atoms with Gasteiger partial charge in [-0.15, -0.1) is 0 Å². The van der Waals surface area contributed by atoms with Gasteiger partial charge in [0, 0.05) is 24.7 Å². The summed E-state index contributed by atoms with van der Waals surface area (Å²) in [5.41, 5.74) is 1.78. The van der Waals surface area contributed by atoms with Crippen molar-refractivity contribution in [3.63, 3.8) is 0 Å². The number of hydrogen-bond donors (Lipinski definition) is 2. The van der Waals surface area contributed by atoms with Gasteiger partial charge >= 0.3 is 0 Å². The summed E-state index contributed by atoms with van der Waals surface area (Å²) in [5.74, 6) is -1.29. The summed E-state index contributed by atoms with van der Waals surface area (Å²) in [6.45, 7) is 3.10. The lowest BCUT2D eigenvalue weighted by Gasteiger charge is -2.26. The second kappa shape index (κ2) is 7.02. The summed E-state index contributed by atoms with van der Waals surface area (Å²) in [5, 5.41) is 11.3. The maximum Gasteiger partial charge on any atom is 0.285 e. The normalized spacial score (nSPS) is 24.9. The van der Waals surface area contributed by atoms with Crippen LogP contribution in [0.5, 0.6) is 0 Å². The van der Waals surface area contributed by atoms with Crippen molar-refractivity contribution in [2.24, 2.45) is 11.8 Å². The van der Waals surface area contributed by atoms with E-state index in [9.17, 15) is 8.78 Å². The standard InChI is InChI=1S/C21H24F2N6/c1-13-2-5-15(6-3-13)21(22,23)11-29-9-14-4-7-18(17(14)10-29)27-19-16-8-26-28-20(16)25-12-24-19/h2-3,5-6,8,12,14,17-18H,4,7,9-11H2,1H3,(H2,24,25,26,27,28)/t14-,17-,18+/m1/s1. The molecule has 2 aliphatic rings. The fraction of sp³-hybridized carbons (Fsp3) is 0.476. The molecule has 1 aliphatic carbocycles. The second-order valence-corrected chi connectivity index (χ2v) is 8.37. The number of aryl methyl sites for hydroxylation is 1. The number of alkyl halides is 2. The van der Waals surface area contributed by atoms with Gasteiger partial charge in [-0.05, 0) is 31.6 Å². The third kappa shape index (κ3) is 3.46. The Labute approximate surface area is 167 Å². The van der Waals surface area contributed by atoms with Gasteiger partial charge in [0.2, 0.25) is 0 Å². The minimum absolute atomic E-state index is 0.0955. The van der Waals surface area contributed by atoms with E-state index in [0.29, 0.717) is 24.0 Å². The van der Waals surface area contributed by atoms with Crippen molar-refractivity contribution in [3.05, 3.63) is 47.9 Å². The average Bonchev–Trinajstić information content (AvgIpc) is 3.39. The van der Waals surface area contributed by atoms with E-state index < -0.39 is 5.92 Å². The largest absolute Gasteiger partial charge is 0.366 e. The van der Waals surface area contributed by atoms with E-state index in [1.54, 1.807) is 30.5 Å². The van der Waals surface area contributed by atoms with Crippen LogP contribution >= 0.6 is 0 Å². The quantitative estimate of drug-likeness (QED) is 0.688. The number of likely N-dealkylation sites (tertiary alicyclic amines) is 1. The molecule has 3 atom stereocenters. The minimum atomic E-state index is -2.84. The average molecular weight is 398 g/mol. The topological polar surface area (TPSA) is 69.7 Å². The molecule has 6 nitrogen and oxygen atoms in total. The summed E-state index contributed by atoms with van der Waals surface area (Å²) in [6.07, 6.45) is 5.31. The molecule has 5 rings (SSSR count). The molecule has 0 spiro atoms. The second-order valence-electron chi connectivity index (χ2n) is 8.37. The lowest BCUT2D eigenvalue weighted by molar-refractivity contribution is -0.0344. The van der Waals surface area contributed by atoms with Crippen molar-refractivity contribution in [1.29, 1.82) is 0 Å². The summed E-state index contributed by atoms with van der Waals surface area (Å²) >= 11 is 0. The number of H-pyrrole nitrogens is 1. The van der Waals surface area contributed by atoms with E-state index >= 15 is 0 Å². The van der Waals surface area contributed by atoms with Crippen LogP contribution in [0.4, 0.5) is 14.6 Å². The number of hydrogen-bond acceptors (Lipinski definition) is 5. The molecule has 1 aromatic carbocycles. The molecule has 2 aromatic heterocycles. The molecule has 0 unspecified atom stereocenters. The first-order chi connectivity index (χ1) is 14.0. The Kier molecular flexibility index (Phi) is 4.46. The van der Waals surface area contributed by atoms with Crippen LogP contribution in [0.15, 0.2) is 36.8 Å². The number of aromatic nitrogens is 4. The predicted octanol–water partition coefficient (Wildman–Crippen LogP) is 3.58. The monoisotopic (exact) mass is 398 g/mol. The van der Waals surface area contributed by atoms with Gasteiger partial charge < -0.3 is 5.32 Å². The van der Waals surface area contributed by atoms with Crippen molar-refractivity contribution in [2.75, 3.05) is 25.0 Å². The maximum absolute atomic E-state index is 14.8. The number of fused-ring (bicyclic) bond motifs is 2. The SMILES string of the molecule is Cc1ccc(C(F)(F)CN2C[C@H]3CC[C@H](Nc4ncnc5[nH]ncc45)[C@@H]3C2)cc1. The van der Waals surface area contributed by atoms with Crippen LogP contribution in [0.1, 0.15) is 24.0 Å². The van der Waals surface area contributed by atoms with Crippen LogP contribution in [0.2, 0.25) is 0 Å². The molecule has 0 radical (unpaired) electrons. The summed E-state index contributed by atoms with van der Waals surface area (Å²) in [6, 6.07) is 6.82. The van der Waals surface area contributed by atoms with Crippen molar-refractivity contribution in [3.8, 4) is 0 Å². The van der Waals surface area contributed by atoms with Gasteiger partial charge in [0.1, 0.15) is 12.1 Å². The fourth-order valence-electron chi connectivity index (χ4n) is 4.89. The number of benzene rings is 1. The first kappa shape index (κ1) is 18.4. The summed E-state index contributed by atoms with van der Waals surface area (Å²) in [4.78, 5) is 10.5. The van der Waals surface area contributed by atoms with Gasteiger partial charge in [-0.2, -0.15) is 13.9 Å². The molecule has 2 N–H and O–H groups in total. The van der Waals surface area contributed by atoms with E-state index in [0.717, 1.165) is 36.2 Å². The number of nitrogens with one attached hydrogen (secondary N) is 2. The van der Waals surface area contributed by atoms with Crippen molar-refractivity contribution in [1.82, 2.24) is 25.1 Å². The van der Waals surface area contributed by atoms with E-state index in [-0.39, 0.29) is 18.2 Å². The number of anilines is 1. The molecule has 1 aliphatic heterocycles.